The molecular formula is C18H23NO. The Morgan fingerprint density at radius 3 is 2.40 bits per heavy atom. The third-order valence-electron chi connectivity index (χ3n) is 3.52. The molecule has 0 aliphatic heterocycles. The number of hydrogen-bond donors (Lipinski definition) is 1. The number of benzene rings is 2. The average molecular weight is 269 g/mol. The molecule has 1 unspecified atom stereocenters. The highest BCUT2D eigenvalue weighted by molar-refractivity contribution is 5.40. The van der Waals surface area contributed by atoms with Crippen LogP contribution in [0.5, 0.6) is 11.5 Å². The molecule has 0 bridgehead atoms. The van der Waals surface area contributed by atoms with Crippen molar-refractivity contribution in [3.63, 3.8) is 0 Å². The van der Waals surface area contributed by atoms with Crippen LogP contribution in [-0.4, -0.2) is 6.04 Å². The van der Waals surface area contributed by atoms with Crippen LogP contribution in [-0.2, 0) is 6.42 Å². The molecule has 106 valence electrons. The van der Waals surface area contributed by atoms with Crippen molar-refractivity contribution in [3.05, 3.63) is 59.2 Å². The van der Waals surface area contributed by atoms with Gasteiger partial charge in [0.1, 0.15) is 11.5 Å². The summed E-state index contributed by atoms with van der Waals surface area (Å²) in [5, 5.41) is 0. The van der Waals surface area contributed by atoms with E-state index in [9.17, 15) is 0 Å². The summed E-state index contributed by atoms with van der Waals surface area (Å²) in [6, 6.07) is 14.7. The first-order valence-electron chi connectivity index (χ1n) is 7.18. The second kappa shape index (κ2) is 6.58. The van der Waals surface area contributed by atoms with Gasteiger partial charge in [0.15, 0.2) is 0 Å². The van der Waals surface area contributed by atoms with Crippen molar-refractivity contribution in [1.82, 2.24) is 0 Å². The third kappa shape index (κ3) is 3.84. The molecule has 2 N–H and O–H groups in total. The number of ether oxygens (including phenoxy) is 1. The number of rotatable bonds is 5. The predicted octanol–water partition coefficient (Wildman–Crippen LogP) is 4.38. The molecule has 20 heavy (non-hydrogen) atoms. The quantitative estimate of drug-likeness (QED) is 0.874. The topological polar surface area (TPSA) is 35.2 Å². The molecule has 2 aromatic rings. The van der Waals surface area contributed by atoms with Crippen LogP contribution in [0.2, 0.25) is 0 Å². The van der Waals surface area contributed by atoms with Crippen LogP contribution < -0.4 is 10.5 Å². The lowest BCUT2D eigenvalue weighted by Crippen LogP contribution is -2.21. The Kier molecular flexibility index (Phi) is 4.80. The Hall–Kier alpha value is -1.80. The van der Waals surface area contributed by atoms with Gasteiger partial charge < -0.3 is 10.5 Å². The highest BCUT2D eigenvalue weighted by Crippen LogP contribution is 2.26. The van der Waals surface area contributed by atoms with E-state index in [1.165, 1.54) is 11.1 Å². The zero-order chi connectivity index (χ0) is 14.5. The van der Waals surface area contributed by atoms with Gasteiger partial charge in [0, 0.05) is 6.04 Å². The van der Waals surface area contributed by atoms with Crippen molar-refractivity contribution >= 4 is 0 Å². The van der Waals surface area contributed by atoms with Crippen molar-refractivity contribution in [3.8, 4) is 11.5 Å². The Bertz CT molecular complexity index is 560. The summed E-state index contributed by atoms with van der Waals surface area (Å²) in [6.07, 6.45) is 1.92. The average Bonchev–Trinajstić information content (AvgIpc) is 2.45. The number of nitrogens with two attached hydrogens (primary N) is 1. The molecule has 0 aliphatic rings. The Balaban J connectivity index is 2.09. The van der Waals surface area contributed by atoms with E-state index in [1.807, 2.05) is 12.1 Å². The SMILES string of the molecule is CCC(N)Cc1ccc(Oc2cc(C)ccc2C)cc1. The highest BCUT2D eigenvalue weighted by Gasteiger charge is 2.04. The maximum absolute atomic E-state index is 5.97. The minimum absolute atomic E-state index is 0.237. The van der Waals surface area contributed by atoms with Crippen LogP contribution in [0.4, 0.5) is 0 Å². The van der Waals surface area contributed by atoms with E-state index >= 15 is 0 Å². The van der Waals surface area contributed by atoms with E-state index < -0.39 is 0 Å². The molecule has 2 heteroatoms. The Labute approximate surface area is 121 Å². The Morgan fingerprint density at radius 2 is 1.75 bits per heavy atom. The fraction of sp³-hybridized carbons (Fsp3) is 0.333. The monoisotopic (exact) mass is 269 g/mol. The minimum Gasteiger partial charge on any atom is -0.457 e. The van der Waals surface area contributed by atoms with Crippen molar-refractivity contribution < 1.29 is 4.74 Å². The third-order valence-corrected chi connectivity index (χ3v) is 3.52. The van der Waals surface area contributed by atoms with E-state index in [1.54, 1.807) is 0 Å². The first-order chi connectivity index (χ1) is 9.58. The molecule has 2 nitrogen and oxygen atoms in total. The second-order valence-corrected chi connectivity index (χ2v) is 5.39. The molecule has 0 amide bonds. The standard InChI is InChI=1S/C18H23NO/c1-4-16(19)12-15-7-9-17(10-8-15)20-18-11-13(2)5-6-14(18)3/h5-11,16H,4,12,19H2,1-3H3. The van der Waals surface area contributed by atoms with Crippen LogP contribution in [0.15, 0.2) is 42.5 Å². The molecule has 0 saturated carbocycles. The van der Waals surface area contributed by atoms with Gasteiger partial charge in [0.05, 0.1) is 0 Å². The van der Waals surface area contributed by atoms with Gasteiger partial charge in [-0.3, -0.25) is 0 Å². The molecule has 1 atom stereocenters. The Morgan fingerprint density at radius 1 is 1.05 bits per heavy atom. The van der Waals surface area contributed by atoms with Gasteiger partial charge >= 0.3 is 0 Å². The van der Waals surface area contributed by atoms with Gasteiger partial charge in [-0.25, -0.2) is 0 Å². The largest absolute Gasteiger partial charge is 0.457 e. The minimum atomic E-state index is 0.237. The number of aryl methyl sites for hydroxylation is 2. The van der Waals surface area contributed by atoms with E-state index in [-0.39, 0.29) is 6.04 Å². The summed E-state index contributed by atoms with van der Waals surface area (Å²) >= 11 is 0. The maximum atomic E-state index is 5.97. The van der Waals surface area contributed by atoms with Gasteiger partial charge in [0.25, 0.3) is 0 Å². The normalized spacial score (nSPS) is 12.2. The van der Waals surface area contributed by atoms with Gasteiger partial charge in [-0.1, -0.05) is 31.2 Å². The van der Waals surface area contributed by atoms with E-state index in [4.69, 9.17) is 10.5 Å². The zero-order valence-corrected chi connectivity index (χ0v) is 12.5. The van der Waals surface area contributed by atoms with Crippen LogP contribution in [0.25, 0.3) is 0 Å². The molecule has 0 saturated heterocycles. The number of hydrogen-bond acceptors (Lipinski definition) is 2. The predicted molar refractivity (Wildman–Crippen MR) is 84.4 cm³/mol. The van der Waals surface area contributed by atoms with E-state index in [2.05, 4.69) is 51.1 Å². The lowest BCUT2D eigenvalue weighted by atomic mass is 10.0. The van der Waals surface area contributed by atoms with Crippen molar-refractivity contribution in [2.75, 3.05) is 0 Å². The van der Waals surface area contributed by atoms with Crippen molar-refractivity contribution in [2.24, 2.45) is 5.73 Å². The van der Waals surface area contributed by atoms with Crippen molar-refractivity contribution in [2.45, 2.75) is 39.7 Å². The zero-order valence-electron chi connectivity index (χ0n) is 12.5. The van der Waals surface area contributed by atoms with Crippen LogP contribution >= 0.6 is 0 Å². The summed E-state index contributed by atoms with van der Waals surface area (Å²) in [7, 11) is 0. The summed E-state index contributed by atoms with van der Waals surface area (Å²) in [6.45, 7) is 6.24. The summed E-state index contributed by atoms with van der Waals surface area (Å²) < 4.78 is 5.95. The molecule has 0 fully saturated rings. The summed E-state index contributed by atoms with van der Waals surface area (Å²) in [5.74, 6) is 1.79. The highest BCUT2D eigenvalue weighted by atomic mass is 16.5. The molecule has 0 spiro atoms. The van der Waals surface area contributed by atoms with Gasteiger partial charge in [-0.2, -0.15) is 0 Å². The summed E-state index contributed by atoms with van der Waals surface area (Å²) in [5.41, 5.74) is 9.58. The second-order valence-electron chi connectivity index (χ2n) is 5.39. The van der Waals surface area contributed by atoms with Gasteiger partial charge in [-0.15, -0.1) is 0 Å². The first-order valence-corrected chi connectivity index (χ1v) is 7.18. The summed E-state index contributed by atoms with van der Waals surface area (Å²) in [4.78, 5) is 0. The van der Waals surface area contributed by atoms with Crippen LogP contribution in [0.3, 0.4) is 0 Å². The lowest BCUT2D eigenvalue weighted by Gasteiger charge is -2.11. The lowest BCUT2D eigenvalue weighted by molar-refractivity contribution is 0.478. The van der Waals surface area contributed by atoms with Gasteiger partial charge in [0.2, 0.25) is 0 Å². The molecular weight excluding hydrogens is 246 g/mol. The van der Waals surface area contributed by atoms with Crippen LogP contribution in [0.1, 0.15) is 30.0 Å². The fourth-order valence-corrected chi connectivity index (χ4v) is 2.08. The molecule has 0 aromatic heterocycles. The van der Waals surface area contributed by atoms with Crippen molar-refractivity contribution in [1.29, 1.82) is 0 Å². The molecule has 0 aliphatic carbocycles. The molecule has 0 heterocycles. The molecule has 2 aromatic carbocycles. The molecule has 2 rings (SSSR count). The van der Waals surface area contributed by atoms with E-state index in [0.29, 0.717) is 0 Å². The van der Waals surface area contributed by atoms with E-state index in [0.717, 1.165) is 29.9 Å². The van der Waals surface area contributed by atoms with Crippen LogP contribution in [0, 0.1) is 13.8 Å². The smallest absolute Gasteiger partial charge is 0.130 e. The maximum Gasteiger partial charge on any atom is 0.130 e. The first kappa shape index (κ1) is 14.6. The fourth-order valence-electron chi connectivity index (χ4n) is 2.08. The molecule has 0 radical (unpaired) electrons. The van der Waals surface area contributed by atoms with Gasteiger partial charge in [-0.05, 0) is 61.6 Å².